The maximum Gasteiger partial charge on any atom is 0.263 e. The second-order valence-electron chi connectivity index (χ2n) is 10.8. The summed E-state index contributed by atoms with van der Waals surface area (Å²) in [4.78, 5) is 35.4. The van der Waals surface area contributed by atoms with E-state index >= 15 is 0 Å². The zero-order valence-corrected chi connectivity index (χ0v) is 23.7. The van der Waals surface area contributed by atoms with Crippen LogP contribution in [0.3, 0.4) is 0 Å². The summed E-state index contributed by atoms with van der Waals surface area (Å²) in [6.45, 7) is 10.0. The highest BCUT2D eigenvalue weighted by Crippen LogP contribution is 2.20. The highest BCUT2D eigenvalue weighted by Gasteiger charge is 2.18. The zero-order chi connectivity index (χ0) is 28.3. The Morgan fingerprint density at radius 1 is 0.780 bits per heavy atom. The highest BCUT2D eigenvalue weighted by molar-refractivity contribution is 6.09. The maximum atomic E-state index is 13.2. The molecule has 1 aliphatic rings. The van der Waals surface area contributed by atoms with E-state index < -0.39 is 0 Å². The monoisotopic (exact) mass is 545 g/mol. The number of nitrogens with zero attached hydrogens (tertiary/aromatic N) is 5. The summed E-state index contributed by atoms with van der Waals surface area (Å²) in [5.41, 5.74) is 6.51. The fourth-order valence-corrected chi connectivity index (χ4v) is 5.70. The summed E-state index contributed by atoms with van der Waals surface area (Å²) in [6, 6.07) is 26.3. The molecule has 5 aromatic rings. The van der Waals surface area contributed by atoms with Crippen molar-refractivity contribution in [3.63, 3.8) is 0 Å². The Hall–Kier alpha value is -4.49. The lowest BCUT2D eigenvalue weighted by molar-refractivity contribution is 0.103. The van der Waals surface area contributed by atoms with Gasteiger partial charge in [-0.1, -0.05) is 66.7 Å². The minimum absolute atomic E-state index is 0.00801. The third-order valence-electron chi connectivity index (χ3n) is 8.06. The van der Waals surface area contributed by atoms with Crippen LogP contribution in [0.4, 0.5) is 5.69 Å². The molecule has 0 radical (unpaired) electrons. The van der Waals surface area contributed by atoms with E-state index in [1.165, 1.54) is 11.3 Å². The highest BCUT2D eigenvalue weighted by atomic mass is 16.1. The SMILES string of the molecule is CCn1cnc2c(c(C)cn2Cc2ccc(C(=O)c3ccc(CN4CCN(c5ccccc5)CC4)cc3)cc2)c1=O. The Morgan fingerprint density at radius 3 is 2.00 bits per heavy atom. The van der Waals surface area contributed by atoms with E-state index in [1.807, 2.05) is 61.0 Å². The zero-order valence-electron chi connectivity index (χ0n) is 23.7. The predicted octanol–water partition coefficient (Wildman–Crippen LogP) is 5.13. The second kappa shape index (κ2) is 11.6. The first kappa shape index (κ1) is 26.7. The number of para-hydroxylation sites is 1. The summed E-state index contributed by atoms with van der Waals surface area (Å²) in [7, 11) is 0. The maximum absolute atomic E-state index is 13.2. The topological polar surface area (TPSA) is 63.4 Å². The number of ketones is 1. The van der Waals surface area contributed by atoms with Gasteiger partial charge in [0, 0.05) is 68.8 Å². The molecule has 0 spiro atoms. The largest absolute Gasteiger partial charge is 0.369 e. The van der Waals surface area contributed by atoms with Crippen molar-refractivity contribution in [2.24, 2.45) is 0 Å². The Morgan fingerprint density at radius 2 is 1.39 bits per heavy atom. The number of fused-ring (bicyclic) bond motifs is 1. The van der Waals surface area contributed by atoms with Crippen molar-refractivity contribution in [2.75, 3.05) is 31.1 Å². The van der Waals surface area contributed by atoms with Crippen molar-refractivity contribution >= 4 is 22.5 Å². The van der Waals surface area contributed by atoms with Gasteiger partial charge in [0.2, 0.25) is 0 Å². The van der Waals surface area contributed by atoms with Crippen LogP contribution in [0.5, 0.6) is 0 Å². The molecule has 0 amide bonds. The van der Waals surface area contributed by atoms with Crippen molar-refractivity contribution in [2.45, 2.75) is 33.5 Å². The number of carbonyl (C=O) groups is 1. The number of aryl methyl sites for hydroxylation is 2. The molecule has 0 saturated carbocycles. The minimum atomic E-state index is -0.00801. The van der Waals surface area contributed by atoms with Crippen molar-refractivity contribution in [1.29, 1.82) is 0 Å². The van der Waals surface area contributed by atoms with E-state index in [0.717, 1.165) is 43.9 Å². The molecule has 0 atom stereocenters. The standard InChI is InChI=1S/C34H35N5O2/c1-3-37-24-35-33-31(34(37)41)25(2)21-39(33)23-27-11-15-29(16-12-27)32(40)28-13-9-26(10-14-28)22-36-17-19-38(20-18-36)30-7-5-4-6-8-30/h4-16,21,24H,3,17-20,22-23H2,1-2H3. The molecule has 0 aliphatic carbocycles. The van der Waals surface area contributed by atoms with Crippen LogP contribution in [0.15, 0.2) is 96.2 Å². The molecule has 1 aliphatic heterocycles. The fraction of sp³-hybridized carbons (Fsp3) is 0.265. The number of anilines is 1. The normalized spacial score (nSPS) is 14.0. The van der Waals surface area contributed by atoms with E-state index in [-0.39, 0.29) is 11.3 Å². The van der Waals surface area contributed by atoms with Gasteiger partial charge in [0.05, 0.1) is 11.7 Å². The average molecular weight is 546 g/mol. The number of benzene rings is 3. The van der Waals surface area contributed by atoms with Crippen molar-refractivity contribution < 1.29 is 4.79 Å². The summed E-state index contributed by atoms with van der Waals surface area (Å²) >= 11 is 0. The first-order valence-corrected chi connectivity index (χ1v) is 14.3. The molecule has 0 N–H and O–H groups in total. The number of aromatic nitrogens is 3. The van der Waals surface area contributed by atoms with E-state index in [1.54, 1.807) is 10.9 Å². The second-order valence-corrected chi connectivity index (χ2v) is 10.8. The van der Waals surface area contributed by atoms with Crippen LogP contribution in [0.25, 0.3) is 11.0 Å². The molecule has 7 nitrogen and oxygen atoms in total. The Balaban J connectivity index is 1.07. The van der Waals surface area contributed by atoms with Gasteiger partial charge in [0.25, 0.3) is 5.56 Å². The van der Waals surface area contributed by atoms with Crippen molar-refractivity contribution in [3.05, 3.63) is 130 Å². The van der Waals surface area contributed by atoms with Crippen LogP contribution < -0.4 is 10.5 Å². The first-order chi connectivity index (χ1) is 20.0. The third-order valence-corrected chi connectivity index (χ3v) is 8.06. The number of hydrogen-bond donors (Lipinski definition) is 0. The van der Waals surface area contributed by atoms with Gasteiger partial charge in [0.15, 0.2) is 5.78 Å². The van der Waals surface area contributed by atoms with Crippen LogP contribution >= 0.6 is 0 Å². The number of rotatable bonds is 8. The lowest BCUT2D eigenvalue weighted by Gasteiger charge is -2.36. The summed E-state index contributed by atoms with van der Waals surface area (Å²) in [5, 5.41) is 0.666. The Bertz CT molecular complexity index is 1710. The number of piperazine rings is 1. The first-order valence-electron chi connectivity index (χ1n) is 14.3. The molecule has 1 saturated heterocycles. The van der Waals surface area contributed by atoms with E-state index in [9.17, 15) is 9.59 Å². The Labute approximate surface area is 240 Å². The van der Waals surface area contributed by atoms with Gasteiger partial charge in [-0.2, -0.15) is 0 Å². The van der Waals surface area contributed by atoms with E-state index in [4.69, 9.17) is 0 Å². The fourth-order valence-electron chi connectivity index (χ4n) is 5.70. The molecule has 0 unspecified atom stereocenters. The molecule has 0 bridgehead atoms. The summed E-state index contributed by atoms with van der Waals surface area (Å²) in [6.07, 6.45) is 3.59. The van der Waals surface area contributed by atoms with Gasteiger partial charge in [0.1, 0.15) is 5.65 Å². The average Bonchev–Trinajstić information content (AvgIpc) is 3.33. The molecular weight excluding hydrogens is 510 g/mol. The van der Waals surface area contributed by atoms with E-state index in [2.05, 4.69) is 57.2 Å². The van der Waals surface area contributed by atoms with Gasteiger partial charge >= 0.3 is 0 Å². The molecular formula is C34H35N5O2. The smallest absolute Gasteiger partial charge is 0.263 e. The van der Waals surface area contributed by atoms with Crippen molar-refractivity contribution in [3.8, 4) is 0 Å². The quantitative estimate of drug-likeness (QED) is 0.253. The lowest BCUT2D eigenvalue weighted by Crippen LogP contribution is -2.45. The van der Waals surface area contributed by atoms with Crippen LogP contribution in [-0.2, 0) is 19.6 Å². The van der Waals surface area contributed by atoms with Crippen LogP contribution in [-0.4, -0.2) is 51.0 Å². The van der Waals surface area contributed by atoms with Gasteiger partial charge in [-0.25, -0.2) is 4.98 Å². The van der Waals surface area contributed by atoms with Gasteiger partial charge in [-0.3, -0.25) is 19.1 Å². The van der Waals surface area contributed by atoms with Gasteiger partial charge in [-0.05, 0) is 42.7 Å². The molecule has 3 heterocycles. The molecule has 2 aromatic heterocycles. The van der Waals surface area contributed by atoms with E-state index in [0.29, 0.717) is 35.2 Å². The Kier molecular flexibility index (Phi) is 7.53. The van der Waals surface area contributed by atoms with Gasteiger partial charge in [-0.15, -0.1) is 0 Å². The van der Waals surface area contributed by atoms with Gasteiger partial charge < -0.3 is 9.47 Å². The molecule has 3 aromatic carbocycles. The lowest BCUT2D eigenvalue weighted by atomic mass is 10.0. The van der Waals surface area contributed by atoms with Crippen LogP contribution in [0, 0.1) is 6.92 Å². The molecule has 7 heteroatoms. The predicted molar refractivity (Wildman–Crippen MR) is 164 cm³/mol. The van der Waals surface area contributed by atoms with Crippen LogP contribution in [0.2, 0.25) is 0 Å². The minimum Gasteiger partial charge on any atom is -0.369 e. The third kappa shape index (κ3) is 5.58. The molecule has 41 heavy (non-hydrogen) atoms. The van der Waals surface area contributed by atoms with Crippen LogP contribution in [0.1, 0.15) is 39.5 Å². The van der Waals surface area contributed by atoms with Crippen molar-refractivity contribution in [1.82, 2.24) is 19.0 Å². The molecule has 208 valence electrons. The summed E-state index contributed by atoms with van der Waals surface area (Å²) in [5.74, 6) is 0.0172. The number of hydrogen-bond acceptors (Lipinski definition) is 5. The molecule has 1 fully saturated rings. The molecule has 6 rings (SSSR count). The number of carbonyl (C=O) groups excluding carboxylic acids is 1. The summed E-state index contributed by atoms with van der Waals surface area (Å²) < 4.78 is 3.63.